The molecule has 114 valence electrons. The van der Waals surface area contributed by atoms with Crippen LogP contribution in [0.2, 0.25) is 0 Å². The molecule has 0 spiro atoms. The van der Waals surface area contributed by atoms with E-state index in [2.05, 4.69) is 4.98 Å². The van der Waals surface area contributed by atoms with Crippen molar-refractivity contribution in [3.63, 3.8) is 0 Å². The lowest BCUT2D eigenvalue weighted by molar-refractivity contribution is -0.0436. The quantitative estimate of drug-likeness (QED) is 0.843. The molecule has 1 heterocycles. The number of aryl methyl sites for hydroxylation is 1. The zero-order chi connectivity index (χ0) is 15.8. The number of hydrogen-bond donors (Lipinski definition) is 0. The van der Waals surface area contributed by atoms with Crippen LogP contribution in [0.3, 0.4) is 0 Å². The van der Waals surface area contributed by atoms with E-state index in [1.54, 1.807) is 0 Å². The molecule has 2 aromatic rings. The lowest BCUT2D eigenvalue weighted by Gasteiger charge is -2.10. The van der Waals surface area contributed by atoms with Gasteiger partial charge in [0.05, 0.1) is 11.4 Å². The topological polar surface area (TPSA) is 74.0 Å². The van der Waals surface area contributed by atoms with Gasteiger partial charge in [0.1, 0.15) is 6.33 Å². The second kappa shape index (κ2) is 5.02. The number of sulfone groups is 1. The molecule has 0 saturated carbocycles. The molecule has 0 N–H and O–H groups in total. The number of alkyl halides is 3. The molecule has 1 aromatic heterocycles. The lowest BCUT2D eigenvalue weighted by Crippen LogP contribution is -2.24. The van der Waals surface area contributed by atoms with Crippen molar-refractivity contribution in [2.75, 3.05) is 0 Å². The van der Waals surface area contributed by atoms with E-state index in [4.69, 9.17) is 0 Å². The number of rotatable bonds is 3. The monoisotopic (exact) mass is 321 g/mol. The molecule has 0 aliphatic heterocycles. The molecule has 6 nitrogen and oxygen atoms in total. The highest BCUT2D eigenvalue weighted by Crippen LogP contribution is 2.30. The van der Waals surface area contributed by atoms with Gasteiger partial charge in [0, 0.05) is 7.05 Å². The van der Waals surface area contributed by atoms with E-state index < -0.39 is 25.9 Å². The second-order valence-electron chi connectivity index (χ2n) is 4.26. The predicted octanol–water partition coefficient (Wildman–Crippen LogP) is 0.924. The van der Waals surface area contributed by atoms with Gasteiger partial charge in [-0.15, -0.1) is 0 Å². The minimum absolute atomic E-state index is 0.0868. The first kappa shape index (κ1) is 15.3. The molecular formula is C11H10F3N3O3S. The Balaban J connectivity index is 2.42. The number of aromatic nitrogens is 3. The van der Waals surface area contributed by atoms with Crippen LogP contribution < -0.4 is 5.69 Å². The molecule has 1 aromatic carbocycles. The van der Waals surface area contributed by atoms with Crippen molar-refractivity contribution < 1.29 is 21.6 Å². The molecule has 0 radical (unpaired) electrons. The summed E-state index contributed by atoms with van der Waals surface area (Å²) in [5.41, 5.74) is -5.71. The average molecular weight is 321 g/mol. The average Bonchev–Trinajstić information content (AvgIpc) is 2.70. The van der Waals surface area contributed by atoms with Crippen molar-refractivity contribution in [3.8, 4) is 0 Å². The molecule has 0 aliphatic rings. The Bertz CT molecular complexity index is 821. The zero-order valence-electron chi connectivity index (χ0n) is 10.7. The summed E-state index contributed by atoms with van der Waals surface area (Å²) >= 11 is 0. The normalized spacial score (nSPS) is 12.6. The summed E-state index contributed by atoms with van der Waals surface area (Å²) in [5, 5.41) is 0. The summed E-state index contributed by atoms with van der Waals surface area (Å²) in [7, 11) is -3.88. The highest BCUT2D eigenvalue weighted by molar-refractivity contribution is 7.92. The van der Waals surface area contributed by atoms with Gasteiger partial charge >= 0.3 is 11.2 Å². The third-order valence-corrected chi connectivity index (χ3v) is 4.27. The van der Waals surface area contributed by atoms with E-state index in [0.717, 1.165) is 16.8 Å². The van der Waals surface area contributed by atoms with Gasteiger partial charge in [-0.1, -0.05) is 12.1 Å². The van der Waals surface area contributed by atoms with Crippen LogP contribution in [-0.4, -0.2) is 28.3 Å². The Morgan fingerprint density at radius 1 is 1.29 bits per heavy atom. The molecule has 0 unspecified atom stereocenters. The van der Waals surface area contributed by atoms with Crippen LogP contribution in [0, 0.1) is 0 Å². The van der Waals surface area contributed by atoms with Crippen LogP contribution >= 0.6 is 0 Å². The van der Waals surface area contributed by atoms with Crippen molar-refractivity contribution in [2.24, 2.45) is 7.05 Å². The summed E-state index contributed by atoms with van der Waals surface area (Å²) < 4.78 is 62.7. The fourth-order valence-electron chi connectivity index (χ4n) is 1.69. The molecule has 21 heavy (non-hydrogen) atoms. The fourth-order valence-corrected chi connectivity index (χ4v) is 2.53. The zero-order valence-corrected chi connectivity index (χ0v) is 11.5. The standard InChI is InChI=1S/C11H10F3N3O3S/c1-16-7-15-10(18)17(16)6-8-3-2-4-9(5-8)21(19,20)11(12,13)14/h2-5,7H,6H2,1H3. The Morgan fingerprint density at radius 3 is 2.48 bits per heavy atom. The lowest BCUT2D eigenvalue weighted by atomic mass is 10.2. The van der Waals surface area contributed by atoms with Gasteiger partial charge in [-0.2, -0.15) is 18.2 Å². The summed E-state index contributed by atoms with van der Waals surface area (Å²) in [6.07, 6.45) is 1.25. The van der Waals surface area contributed by atoms with E-state index in [1.807, 2.05) is 0 Å². The maximum Gasteiger partial charge on any atom is 0.501 e. The molecule has 0 aliphatic carbocycles. The molecular weight excluding hydrogens is 311 g/mol. The first-order chi connectivity index (χ1) is 9.63. The van der Waals surface area contributed by atoms with Gasteiger partial charge < -0.3 is 0 Å². The molecule has 0 amide bonds. The number of hydrogen-bond acceptors (Lipinski definition) is 4. The van der Waals surface area contributed by atoms with E-state index in [-0.39, 0.29) is 12.1 Å². The van der Waals surface area contributed by atoms with E-state index in [9.17, 15) is 26.4 Å². The van der Waals surface area contributed by atoms with Crippen LogP contribution in [0.15, 0.2) is 40.3 Å². The third kappa shape index (κ3) is 2.84. The summed E-state index contributed by atoms with van der Waals surface area (Å²) in [5.74, 6) is 0. The van der Waals surface area contributed by atoms with Gasteiger partial charge in [-0.3, -0.25) is 4.68 Å². The molecule has 0 saturated heterocycles. The van der Waals surface area contributed by atoms with Crippen molar-refractivity contribution in [1.82, 2.24) is 14.3 Å². The van der Waals surface area contributed by atoms with Crippen molar-refractivity contribution in [2.45, 2.75) is 16.9 Å². The maximum atomic E-state index is 12.5. The molecule has 0 fully saturated rings. The molecule has 0 atom stereocenters. The summed E-state index contributed by atoms with van der Waals surface area (Å²) in [6, 6.07) is 4.37. The van der Waals surface area contributed by atoms with Gasteiger partial charge in [-0.05, 0) is 17.7 Å². The van der Waals surface area contributed by atoms with Gasteiger partial charge in [-0.25, -0.2) is 17.9 Å². The van der Waals surface area contributed by atoms with Crippen LogP contribution in [0.4, 0.5) is 13.2 Å². The van der Waals surface area contributed by atoms with Gasteiger partial charge in [0.25, 0.3) is 9.84 Å². The maximum absolute atomic E-state index is 12.5. The predicted molar refractivity (Wildman–Crippen MR) is 66.3 cm³/mol. The van der Waals surface area contributed by atoms with Crippen molar-refractivity contribution >= 4 is 9.84 Å². The number of benzene rings is 1. The highest BCUT2D eigenvalue weighted by Gasteiger charge is 2.46. The fraction of sp³-hybridized carbons (Fsp3) is 0.273. The molecule has 10 heteroatoms. The van der Waals surface area contributed by atoms with Gasteiger partial charge in [0.15, 0.2) is 0 Å². The van der Waals surface area contributed by atoms with Crippen LogP contribution in [0.25, 0.3) is 0 Å². The Hall–Kier alpha value is -2.10. The van der Waals surface area contributed by atoms with E-state index in [0.29, 0.717) is 0 Å². The Kier molecular flexibility index (Phi) is 3.66. The van der Waals surface area contributed by atoms with Crippen molar-refractivity contribution in [3.05, 3.63) is 46.6 Å². The third-order valence-electron chi connectivity index (χ3n) is 2.78. The molecule has 2 rings (SSSR count). The minimum atomic E-state index is -5.41. The summed E-state index contributed by atoms with van der Waals surface area (Å²) in [4.78, 5) is 14.1. The van der Waals surface area contributed by atoms with Crippen LogP contribution in [0.5, 0.6) is 0 Å². The first-order valence-electron chi connectivity index (χ1n) is 5.61. The molecule has 0 bridgehead atoms. The SMILES string of the molecule is Cn1cnc(=O)n1Cc1cccc(S(=O)(=O)C(F)(F)F)c1. The first-order valence-corrected chi connectivity index (χ1v) is 7.10. The van der Waals surface area contributed by atoms with E-state index in [1.165, 1.54) is 30.2 Å². The van der Waals surface area contributed by atoms with Crippen LogP contribution in [0.1, 0.15) is 5.56 Å². The number of halogens is 3. The smallest absolute Gasteiger partial charge is 0.273 e. The Morgan fingerprint density at radius 2 is 1.95 bits per heavy atom. The minimum Gasteiger partial charge on any atom is -0.273 e. The highest BCUT2D eigenvalue weighted by atomic mass is 32.2. The van der Waals surface area contributed by atoms with E-state index >= 15 is 0 Å². The summed E-state index contributed by atoms with van der Waals surface area (Å²) in [6.45, 7) is -0.0868. The largest absolute Gasteiger partial charge is 0.501 e. The number of nitrogens with zero attached hydrogens (tertiary/aromatic N) is 3. The van der Waals surface area contributed by atoms with Gasteiger partial charge in [0.2, 0.25) is 0 Å². The Labute approximate surface area is 117 Å². The van der Waals surface area contributed by atoms with Crippen LogP contribution in [-0.2, 0) is 23.4 Å². The van der Waals surface area contributed by atoms with Crippen molar-refractivity contribution in [1.29, 1.82) is 0 Å². The second-order valence-corrected chi connectivity index (χ2v) is 6.20.